The van der Waals surface area contributed by atoms with Crippen LogP contribution in [0, 0.1) is 0 Å². The van der Waals surface area contributed by atoms with Crippen LogP contribution in [0.3, 0.4) is 0 Å². The molecule has 4 rings (SSSR count). The lowest BCUT2D eigenvalue weighted by atomic mass is 10.0. The van der Waals surface area contributed by atoms with Crippen molar-refractivity contribution in [3.63, 3.8) is 0 Å². The molecule has 1 aliphatic heterocycles. The number of aromatic nitrogens is 2. The maximum atomic E-state index is 4.66. The van der Waals surface area contributed by atoms with Gasteiger partial charge in [0.2, 0.25) is 0 Å². The molecule has 2 aromatic rings. The zero-order valence-corrected chi connectivity index (χ0v) is 12.9. The van der Waals surface area contributed by atoms with Crippen LogP contribution < -0.4 is 10.2 Å². The van der Waals surface area contributed by atoms with Gasteiger partial charge >= 0.3 is 0 Å². The van der Waals surface area contributed by atoms with Gasteiger partial charge in [0.05, 0.1) is 5.69 Å². The van der Waals surface area contributed by atoms with Gasteiger partial charge in [0.1, 0.15) is 12.1 Å². The van der Waals surface area contributed by atoms with E-state index in [0.29, 0.717) is 0 Å². The molecule has 114 valence electrons. The third-order valence-electron chi connectivity index (χ3n) is 4.71. The minimum atomic E-state index is 1.03. The van der Waals surface area contributed by atoms with Crippen molar-refractivity contribution >= 4 is 5.82 Å². The molecular weight excluding hydrogens is 272 g/mol. The Labute approximate surface area is 131 Å². The fraction of sp³-hybridized carbons (Fsp3) is 0.444. The number of anilines is 1. The molecule has 0 spiro atoms. The van der Waals surface area contributed by atoms with Crippen LogP contribution in [0.1, 0.15) is 24.0 Å². The number of hydrogen-bond donors (Lipinski definition) is 1. The quantitative estimate of drug-likeness (QED) is 0.877. The fourth-order valence-corrected chi connectivity index (χ4v) is 3.62. The normalized spacial score (nSPS) is 18.1. The van der Waals surface area contributed by atoms with Gasteiger partial charge in [-0.3, -0.25) is 0 Å². The lowest BCUT2D eigenvalue weighted by Crippen LogP contribution is -2.29. The lowest BCUT2D eigenvalue weighted by Gasteiger charge is -2.24. The van der Waals surface area contributed by atoms with Crippen LogP contribution >= 0.6 is 0 Å². The average molecular weight is 294 g/mol. The Bertz CT molecular complexity index is 660. The molecule has 0 radical (unpaired) electrons. The molecule has 1 aromatic carbocycles. The summed E-state index contributed by atoms with van der Waals surface area (Å²) in [6, 6.07) is 8.69. The van der Waals surface area contributed by atoms with Crippen molar-refractivity contribution in [2.45, 2.75) is 25.7 Å². The molecule has 1 saturated heterocycles. The van der Waals surface area contributed by atoms with E-state index in [1.807, 2.05) is 0 Å². The summed E-state index contributed by atoms with van der Waals surface area (Å²) in [5, 5.41) is 3.47. The zero-order valence-electron chi connectivity index (χ0n) is 12.9. The molecule has 2 aliphatic rings. The first-order valence-corrected chi connectivity index (χ1v) is 8.31. The summed E-state index contributed by atoms with van der Waals surface area (Å²) >= 11 is 0. The molecule has 1 N–H and O–H groups in total. The SMILES string of the molecule is c1ccc2c(c1)CCCc1c-2ncnc1N1CCCNCC1. The van der Waals surface area contributed by atoms with E-state index in [1.165, 1.54) is 29.5 Å². The van der Waals surface area contributed by atoms with Crippen LogP contribution in [0.2, 0.25) is 0 Å². The third-order valence-corrected chi connectivity index (χ3v) is 4.71. The molecule has 1 aliphatic carbocycles. The van der Waals surface area contributed by atoms with Crippen molar-refractivity contribution in [1.82, 2.24) is 15.3 Å². The number of rotatable bonds is 1. The minimum absolute atomic E-state index is 1.03. The van der Waals surface area contributed by atoms with E-state index in [2.05, 4.69) is 44.5 Å². The Morgan fingerprint density at radius 3 is 2.91 bits per heavy atom. The van der Waals surface area contributed by atoms with Gasteiger partial charge < -0.3 is 10.2 Å². The van der Waals surface area contributed by atoms with Crippen LogP contribution in [-0.2, 0) is 12.8 Å². The van der Waals surface area contributed by atoms with E-state index in [0.717, 1.165) is 50.5 Å². The second kappa shape index (κ2) is 6.05. The molecule has 0 unspecified atom stereocenters. The Balaban J connectivity index is 1.80. The summed E-state index contributed by atoms with van der Waals surface area (Å²) in [5.41, 5.74) is 5.21. The highest BCUT2D eigenvalue weighted by Crippen LogP contribution is 2.34. The number of nitrogens with zero attached hydrogens (tertiary/aromatic N) is 3. The van der Waals surface area contributed by atoms with Gasteiger partial charge in [0, 0.05) is 30.8 Å². The summed E-state index contributed by atoms with van der Waals surface area (Å²) in [6.07, 6.45) is 6.30. The molecule has 4 heteroatoms. The molecule has 1 aromatic heterocycles. The van der Waals surface area contributed by atoms with E-state index in [1.54, 1.807) is 6.33 Å². The van der Waals surface area contributed by atoms with Gasteiger partial charge in [-0.2, -0.15) is 0 Å². The van der Waals surface area contributed by atoms with Gasteiger partial charge in [-0.15, -0.1) is 0 Å². The van der Waals surface area contributed by atoms with Crippen molar-refractivity contribution in [2.75, 3.05) is 31.1 Å². The van der Waals surface area contributed by atoms with E-state index in [4.69, 9.17) is 0 Å². The van der Waals surface area contributed by atoms with Gasteiger partial charge in [-0.1, -0.05) is 24.3 Å². The smallest absolute Gasteiger partial charge is 0.135 e. The monoisotopic (exact) mass is 294 g/mol. The molecular formula is C18H22N4. The van der Waals surface area contributed by atoms with Crippen LogP contribution in [-0.4, -0.2) is 36.1 Å². The molecule has 0 bridgehead atoms. The fourth-order valence-electron chi connectivity index (χ4n) is 3.62. The van der Waals surface area contributed by atoms with Crippen molar-refractivity contribution in [1.29, 1.82) is 0 Å². The van der Waals surface area contributed by atoms with Crippen LogP contribution in [0.5, 0.6) is 0 Å². The Morgan fingerprint density at radius 2 is 1.91 bits per heavy atom. The topological polar surface area (TPSA) is 41.1 Å². The predicted molar refractivity (Wildman–Crippen MR) is 89.2 cm³/mol. The molecule has 2 heterocycles. The average Bonchev–Trinajstić information content (AvgIpc) is 2.94. The van der Waals surface area contributed by atoms with Crippen molar-refractivity contribution < 1.29 is 0 Å². The van der Waals surface area contributed by atoms with Crippen molar-refractivity contribution in [3.8, 4) is 11.3 Å². The maximum Gasteiger partial charge on any atom is 0.135 e. The minimum Gasteiger partial charge on any atom is -0.355 e. The summed E-state index contributed by atoms with van der Waals surface area (Å²) < 4.78 is 0. The number of benzene rings is 1. The van der Waals surface area contributed by atoms with E-state index >= 15 is 0 Å². The molecule has 0 amide bonds. The van der Waals surface area contributed by atoms with Gasteiger partial charge in [-0.05, 0) is 37.8 Å². The Morgan fingerprint density at radius 1 is 0.955 bits per heavy atom. The van der Waals surface area contributed by atoms with Crippen LogP contribution in [0.15, 0.2) is 30.6 Å². The lowest BCUT2D eigenvalue weighted by molar-refractivity contribution is 0.724. The molecule has 1 fully saturated rings. The second-order valence-electron chi connectivity index (χ2n) is 6.13. The van der Waals surface area contributed by atoms with E-state index < -0.39 is 0 Å². The Hall–Kier alpha value is -1.94. The van der Waals surface area contributed by atoms with Crippen molar-refractivity contribution in [2.24, 2.45) is 0 Å². The highest BCUT2D eigenvalue weighted by molar-refractivity contribution is 5.72. The largest absolute Gasteiger partial charge is 0.355 e. The van der Waals surface area contributed by atoms with E-state index in [9.17, 15) is 0 Å². The molecule has 4 nitrogen and oxygen atoms in total. The molecule has 22 heavy (non-hydrogen) atoms. The zero-order chi connectivity index (χ0) is 14.8. The molecule has 0 atom stereocenters. The van der Waals surface area contributed by atoms with Crippen LogP contribution in [0.4, 0.5) is 5.82 Å². The van der Waals surface area contributed by atoms with Gasteiger partial charge in [-0.25, -0.2) is 9.97 Å². The van der Waals surface area contributed by atoms with Crippen molar-refractivity contribution in [3.05, 3.63) is 41.7 Å². The first-order valence-electron chi connectivity index (χ1n) is 8.31. The molecule has 0 saturated carbocycles. The summed E-state index contributed by atoms with van der Waals surface area (Å²) in [4.78, 5) is 11.7. The first-order chi connectivity index (χ1) is 10.9. The first kappa shape index (κ1) is 13.7. The number of aryl methyl sites for hydroxylation is 1. The van der Waals surface area contributed by atoms with Crippen LogP contribution in [0.25, 0.3) is 11.3 Å². The number of nitrogens with one attached hydrogen (secondary N) is 1. The number of hydrogen-bond acceptors (Lipinski definition) is 4. The Kier molecular flexibility index (Phi) is 3.77. The maximum absolute atomic E-state index is 4.66. The third kappa shape index (κ3) is 2.48. The highest BCUT2D eigenvalue weighted by atomic mass is 15.2. The second-order valence-corrected chi connectivity index (χ2v) is 6.13. The summed E-state index contributed by atoms with van der Waals surface area (Å²) in [6.45, 7) is 4.26. The summed E-state index contributed by atoms with van der Waals surface area (Å²) in [7, 11) is 0. The summed E-state index contributed by atoms with van der Waals surface area (Å²) in [5.74, 6) is 1.16. The number of fused-ring (bicyclic) bond motifs is 3. The highest BCUT2D eigenvalue weighted by Gasteiger charge is 2.22. The van der Waals surface area contributed by atoms with E-state index in [-0.39, 0.29) is 0 Å². The predicted octanol–water partition coefficient (Wildman–Crippen LogP) is 2.43. The van der Waals surface area contributed by atoms with Gasteiger partial charge in [0.25, 0.3) is 0 Å². The standard InChI is InChI=1S/C18H22N4/c1-2-7-15-14(5-1)6-3-8-16-17(15)20-13-21-18(16)22-11-4-9-19-10-12-22/h1-2,5,7,13,19H,3-4,6,8-12H2. The van der Waals surface area contributed by atoms with Gasteiger partial charge in [0.15, 0.2) is 0 Å².